The molecule has 0 saturated carbocycles. The number of hydrogen-bond acceptors (Lipinski definition) is 4. The molecular formula is C17H18ClN3O2S. The summed E-state index contributed by atoms with van der Waals surface area (Å²) in [6, 6.07) is 11.1. The minimum Gasteiger partial charge on any atom is -0.493 e. The second-order valence-electron chi connectivity index (χ2n) is 4.82. The molecule has 2 aromatic carbocycles. The third-order valence-electron chi connectivity index (χ3n) is 3.32. The Balaban J connectivity index is 2.04. The molecule has 0 amide bonds. The minimum absolute atomic E-state index is 0.360. The molecule has 7 heteroatoms. The van der Waals surface area contributed by atoms with E-state index in [2.05, 4.69) is 15.8 Å². The lowest BCUT2D eigenvalue weighted by atomic mass is 10.2. The number of rotatable bonds is 5. The van der Waals surface area contributed by atoms with Crippen molar-refractivity contribution >= 4 is 40.8 Å². The van der Waals surface area contributed by atoms with Gasteiger partial charge in [0.05, 0.1) is 20.4 Å². The van der Waals surface area contributed by atoms with E-state index < -0.39 is 0 Å². The van der Waals surface area contributed by atoms with E-state index >= 15 is 0 Å². The molecule has 0 unspecified atom stereocenters. The number of nitrogens with zero attached hydrogens (tertiary/aromatic N) is 1. The second-order valence-corrected chi connectivity index (χ2v) is 5.63. The highest BCUT2D eigenvalue weighted by Gasteiger charge is 2.07. The number of anilines is 1. The van der Waals surface area contributed by atoms with E-state index in [9.17, 15) is 0 Å². The molecule has 2 aromatic rings. The van der Waals surface area contributed by atoms with Crippen LogP contribution in [-0.2, 0) is 0 Å². The zero-order valence-corrected chi connectivity index (χ0v) is 15.2. The van der Waals surface area contributed by atoms with Gasteiger partial charge in [0.1, 0.15) is 0 Å². The molecule has 0 bridgehead atoms. The molecule has 0 saturated heterocycles. The highest BCUT2D eigenvalue weighted by atomic mass is 35.5. The fourth-order valence-corrected chi connectivity index (χ4v) is 2.40. The van der Waals surface area contributed by atoms with Crippen LogP contribution in [0.4, 0.5) is 5.69 Å². The van der Waals surface area contributed by atoms with Crippen LogP contribution in [0.2, 0.25) is 5.02 Å². The number of nitrogens with one attached hydrogen (secondary N) is 2. The van der Waals surface area contributed by atoms with Crippen LogP contribution in [0.25, 0.3) is 0 Å². The SMILES string of the molecule is COc1cccc(/C=N\NC(=S)Nc2cccc(Cl)c2C)c1OC. The summed E-state index contributed by atoms with van der Waals surface area (Å²) >= 11 is 11.3. The summed E-state index contributed by atoms with van der Waals surface area (Å²) in [5.74, 6) is 1.24. The van der Waals surface area contributed by atoms with Crippen LogP contribution in [0.15, 0.2) is 41.5 Å². The molecular weight excluding hydrogens is 346 g/mol. The highest BCUT2D eigenvalue weighted by Crippen LogP contribution is 2.29. The standard InChI is InChI=1S/C17H18ClN3O2S/c1-11-13(18)7-5-8-14(11)20-17(24)21-19-10-12-6-4-9-15(22-2)16(12)23-3/h4-10H,1-3H3,(H2,20,21,24)/b19-10-. The molecule has 0 aliphatic heterocycles. The molecule has 0 aliphatic carbocycles. The summed E-state index contributed by atoms with van der Waals surface area (Å²) in [7, 11) is 3.17. The van der Waals surface area contributed by atoms with Crippen molar-refractivity contribution in [2.75, 3.05) is 19.5 Å². The summed E-state index contributed by atoms with van der Waals surface area (Å²) in [5, 5.41) is 8.21. The maximum absolute atomic E-state index is 6.08. The van der Waals surface area contributed by atoms with Crippen molar-refractivity contribution in [2.24, 2.45) is 5.10 Å². The van der Waals surface area contributed by atoms with E-state index in [0.717, 1.165) is 16.8 Å². The molecule has 0 atom stereocenters. The quantitative estimate of drug-likeness (QED) is 0.478. The first-order valence-corrected chi connectivity index (χ1v) is 7.91. The second kappa shape index (κ2) is 8.52. The Morgan fingerprint density at radius 2 is 1.92 bits per heavy atom. The van der Waals surface area contributed by atoms with Crippen LogP contribution in [0.3, 0.4) is 0 Å². The summed E-state index contributed by atoms with van der Waals surface area (Å²) in [6.07, 6.45) is 1.61. The van der Waals surface area contributed by atoms with Gasteiger partial charge in [0.15, 0.2) is 16.6 Å². The van der Waals surface area contributed by atoms with E-state index in [1.54, 1.807) is 20.4 Å². The lowest BCUT2D eigenvalue weighted by Crippen LogP contribution is -2.24. The number of methoxy groups -OCH3 is 2. The molecule has 0 spiro atoms. The number of halogens is 1. The van der Waals surface area contributed by atoms with E-state index in [-0.39, 0.29) is 0 Å². The Hall–Kier alpha value is -2.31. The summed E-state index contributed by atoms with van der Waals surface area (Å²) in [4.78, 5) is 0. The number of hydrogen-bond donors (Lipinski definition) is 2. The molecule has 2 N–H and O–H groups in total. The molecule has 5 nitrogen and oxygen atoms in total. The number of thiocarbonyl (C=S) groups is 1. The van der Waals surface area contributed by atoms with Crippen LogP contribution >= 0.6 is 23.8 Å². The molecule has 2 rings (SSSR count). The van der Waals surface area contributed by atoms with Crippen LogP contribution < -0.4 is 20.2 Å². The topological polar surface area (TPSA) is 54.9 Å². The van der Waals surface area contributed by atoms with Gasteiger partial charge in [-0.1, -0.05) is 23.7 Å². The van der Waals surface area contributed by atoms with E-state index in [1.807, 2.05) is 43.3 Å². The Bertz CT molecular complexity index is 765. The fourth-order valence-electron chi connectivity index (χ4n) is 2.07. The first kappa shape index (κ1) is 18.0. The predicted octanol–water partition coefficient (Wildman–Crippen LogP) is 3.99. The van der Waals surface area contributed by atoms with Gasteiger partial charge in [-0.3, -0.25) is 5.43 Å². The molecule has 0 fully saturated rings. The molecule has 0 heterocycles. The number of hydrazone groups is 1. The zero-order chi connectivity index (χ0) is 17.5. The predicted molar refractivity (Wildman–Crippen MR) is 103 cm³/mol. The minimum atomic E-state index is 0.360. The normalized spacial score (nSPS) is 10.5. The van der Waals surface area contributed by atoms with Crippen molar-refractivity contribution in [1.29, 1.82) is 0 Å². The van der Waals surface area contributed by atoms with Crippen LogP contribution in [0.5, 0.6) is 11.5 Å². The van der Waals surface area contributed by atoms with Gasteiger partial charge in [-0.15, -0.1) is 0 Å². The van der Waals surface area contributed by atoms with Crippen molar-refractivity contribution in [1.82, 2.24) is 5.43 Å². The van der Waals surface area contributed by atoms with Gasteiger partial charge in [-0.05, 0) is 49.0 Å². The Labute approximate surface area is 151 Å². The van der Waals surface area contributed by atoms with E-state index in [1.165, 1.54) is 0 Å². The highest BCUT2D eigenvalue weighted by molar-refractivity contribution is 7.80. The third kappa shape index (κ3) is 4.37. The van der Waals surface area contributed by atoms with E-state index in [0.29, 0.717) is 21.6 Å². The summed E-state index contributed by atoms with van der Waals surface area (Å²) in [5.41, 5.74) is 5.28. The Kier molecular flexibility index (Phi) is 6.40. The average Bonchev–Trinajstić information content (AvgIpc) is 2.58. The maximum Gasteiger partial charge on any atom is 0.191 e. The van der Waals surface area contributed by atoms with Crippen molar-refractivity contribution < 1.29 is 9.47 Å². The van der Waals surface area contributed by atoms with Gasteiger partial charge in [0, 0.05) is 16.3 Å². The lowest BCUT2D eigenvalue weighted by molar-refractivity contribution is 0.354. The summed E-state index contributed by atoms with van der Waals surface area (Å²) in [6.45, 7) is 1.91. The first-order valence-electron chi connectivity index (χ1n) is 7.13. The zero-order valence-electron chi connectivity index (χ0n) is 13.6. The molecule has 0 radical (unpaired) electrons. The van der Waals surface area contributed by atoms with Gasteiger partial charge >= 0.3 is 0 Å². The number of benzene rings is 2. The molecule has 126 valence electrons. The number of ether oxygens (including phenoxy) is 2. The number of para-hydroxylation sites is 1. The lowest BCUT2D eigenvalue weighted by Gasteiger charge is -2.11. The van der Waals surface area contributed by atoms with Crippen molar-refractivity contribution in [2.45, 2.75) is 6.92 Å². The smallest absolute Gasteiger partial charge is 0.191 e. The fraction of sp³-hybridized carbons (Fsp3) is 0.176. The Morgan fingerprint density at radius 1 is 1.17 bits per heavy atom. The van der Waals surface area contributed by atoms with Gasteiger partial charge in [-0.2, -0.15) is 5.10 Å². The summed E-state index contributed by atoms with van der Waals surface area (Å²) < 4.78 is 10.6. The average molecular weight is 364 g/mol. The third-order valence-corrected chi connectivity index (χ3v) is 3.92. The van der Waals surface area contributed by atoms with Crippen molar-refractivity contribution in [3.8, 4) is 11.5 Å². The van der Waals surface area contributed by atoms with E-state index in [4.69, 9.17) is 33.3 Å². The molecule has 24 heavy (non-hydrogen) atoms. The van der Waals surface area contributed by atoms with Gasteiger partial charge in [0.25, 0.3) is 0 Å². The van der Waals surface area contributed by atoms with Crippen LogP contribution in [0, 0.1) is 6.92 Å². The molecule has 0 aliphatic rings. The van der Waals surface area contributed by atoms with Crippen LogP contribution in [0.1, 0.15) is 11.1 Å². The maximum atomic E-state index is 6.08. The largest absolute Gasteiger partial charge is 0.493 e. The van der Waals surface area contributed by atoms with Crippen molar-refractivity contribution in [3.63, 3.8) is 0 Å². The monoisotopic (exact) mass is 363 g/mol. The van der Waals surface area contributed by atoms with Gasteiger partial charge < -0.3 is 14.8 Å². The van der Waals surface area contributed by atoms with Crippen LogP contribution in [-0.4, -0.2) is 25.5 Å². The first-order chi connectivity index (χ1) is 11.6. The van der Waals surface area contributed by atoms with Gasteiger partial charge in [-0.25, -0.2) is 0 Å². The molecule has 0 aromatic heterocycles. The van der Waals surface area contributed by atoms with Crippen molar-refractivity contribution in [3.05, 3.63) is 52.5 Å². The Morgan fingerprint density at radius 3 is 2.62 bits per heavy atom. The van der Waals surface area contributed by atoms with Gasteiger partial charge in [0.2, 0.25) is 0 Å².